The molecule has 0 aromatic heterocycles. The van der Waals surface area contributed by atoms with Gasteiger partial charge < -0.3 is 15.6 Å². The largest absolute Gasteiger partial charge is 0.395 e. The zero-order chi connectivity index (χ0) is 16.0. The number of sulfonamides is 1. The van der Waals surface area contributed by atoms with Crippen LogP contribution in [0.4, 0.5) is 0 Å². The molecule has 21 heavy (non-hydrogen) atoms. The van der Waals surface area contributed by atoms with Gasteiger partial charge in [-0.25, -0.2) is 8.42 Å². The number of nitrogens with two attached hydrogens (primary N) is 1. The van der Waals surface area contributed by atoms with E-state index in [0.717, 1.165) is 0 Å². The molecule has 0 fully saturated rings. The van der Waals surface area contributed by atoms with Gasteiger partial charge in [-0.3, -0.25) is 0 Å². The molecule has 0 saturated heterocycles. The summed E-state index contributed by atoms with van der Waals surface area (Å²) in [5.74, 6) is 0. The minimum Gasteiger partial charge on any atom is -0.395 e. The third-order valence-electron chi connectivity index (χ3n) is 2.97. The molecule has 0 aliphatic heterocycles. The van der Waals surface area contributed by atoms with Crippen molar-refractivity contribution in [2.24, 2.45) is 5.73 Å². The topological polar surface area (TPSA) is 92.9 Å². The number of hydrogen-bond donors (Lipinski definition) is 2. The van der Waals surface area contributed by atoms with Gasteiger partial charge in [0, 0.05) is 25.8 Å². The van der Waals surface area contributed by atoms with Gasteiger partial charge >= 0.3 is 0 Å². The van der Waals surface area contributed by atoms with Crippen LogP contribution in [0.1, 0.15) is 11.1 Å². The van der Waals surface area contributed by atoms with Gasteiger partial charge in [-0.1, -0.05) is 18.3 Å². The number of hydrogen-bond acceptors (Lipinski definition) is 5. The molecule has 6 nitrogen and oxygen atoms in total. The fourth-order valence-corrected chi connectivity index (χ4v) is 3.64. The smallest absolute Gasteiger partial charge is 0.243 e. The summed E-state index contributed by atoms with van der Waals surface area (Å²) in [4.78, 5) is 0.390. The van der Waals surface area contributed by atoms with Gasteiger partial charge in [0.25, 0.3) is 0 Å². The van der Waals surface area contributed by atoms with Gasteiger partial charge in [0.15, 0.2) is 0 Å². The molecule has 0 atom stereocenters. The predicted molar refractivity (Wildman–Crippen MR) is 84.8 cm³/mol. The Kier molecular flexibility index (Phi) is 6.69. The van der Waals surface area contributed by atoms with Crippen LogP contribution in [0.15, 0.2) is 23.1 Å². The molecule has 3 N–H and O–H groups in total. The van der Waals surface area contributed by atoms with Crippen molar-refractivity contribution in [3.63, 3.8) is 0 Å². The minimum atomic E-state index is -3.70. The second-order valence-electron chi connectivity index (χ2n) is 4.47. The summed E-state index contributed by atoms with van der Waals surface area (Å²) in [5, 5.41) is 9.05. The van der Waals surface area contributed by atoms with Crippen LogP contribution in [-0.2, 0) is 14.8 Å². The van der Waals surface area contributed by atoms with E-state index in [0.29, 0.717) is 11.1 Å². The third-order valence-corrected chi connectivity index (χ3v) is 5.27. The van der Waals surface area contributed by atoms with Crippen LogP contribution in [-0.4, -0.2) is 56.2 Å². The Morgan fingerprint density at radius 1 is 1.43 bits per heavy atom. The van der Waals surface area contributed by atoms with Crippen molar-refractivity contribution in [2.75, 3.05) is 33.4 Å². The number of benzene rings is 1. The molecule has 0 amide bonds. The predicted octanol–water partition coefficient (Wildman–Crippen LogP) is 0.259. The van der Waals surface area contributed by atoms with Crippen LogP contribution in [0.25, 0.3) is 0 Å². The first-order valence-corrected chi connectivity index (χ1v) is 8.19. The molecule has 0 aliphatic carbocycles. The van der Waals surface area contributed by atoms with Gasteiger partial charge in [-0.15, -0.1) is 0 Å². The van der Waals surface area contributed by atoms with Crippen molar-refractivity contribution in [3.8, 4) is 0 Å². The Balaban J connectivity index is 3.18. The lowest BCUT2D eigenvalue weighted by Gasteiger charge is -2.22. The van der Waals surface area contributed by atoms with Crippen molar-refractivity contribution in [1.82, 2.24) is 4.31 Å². The molecular weight excluding hydrogens is 312 g/mol. The van der Waals surface area contributed by atoms with E-state index >= 15 is 0 Å². The molecule has 0 saturated carbocycles. The Labute approximate surface area is 130 Å². The number of nitrogens with zero attached hydrogens (tertiary/aromatic N) is 1. The molecule has 0 spiro atoms. The van der Waals surface area contributed by atoms with Gasteiger partial charge in [0.1, 0.15) is 4.99 Å². The lowest BCUT2D eigenvalue weighted by Crippen LogP contribution is -2.36. The van der Waals surface area contributed by atoms with Crippen LogP contribution in [0.5, 0.6) is 0 Å². The average Bonchev–Trinajstić information content (AvgIpc) is 2.42. The Morgan fingerprint density at radius 2 is 2.10 bits per heavy atom. The second kappa shape index (κ2) is 7.81. The monoisotopic (exact) mass is 332 g/mol. The Morgan fingerprint density at radius 3 is 2.57 bits per heavy atom. The summed E-state index contributed by atoms with van der Waals surface area (Å²) in [6, 6.07) is 4.70. The number of methoxy groups -OCH3 is 1. The van der Waals surface area contributed by atoms with Crippen molar-refractivity contribution >= 4 is 27.2 Å². The van der Waals surface area contributed by atoms with Gasteiger partial charge in [-0.2, -0.15) is 4.31 Å². The lowest BCUT2D eigenvalue weighted by molar-refractivity contribution is 0.168. The van der Waals surface area contributed by atoms with Crippen LogP contribution in [0.2, 0.25) is 0 Å². The zero-order valence-corrected chi connectivity index (χ0v) is 13.7. The maximum atomic E-state index is 12.6. The SMILES string of the molecule is COCCN(CCO)S(=O)(=O)c1ccc(C(N)=S)cc1C. The highest BCUT2D eigenvalue weighted by atomic mass is 32.2. The summed E-state index contributed by atoms with van der Waals surface area (Å²) in [5.41, 5.74) is 6.71. The molecule has 0 radical (unpaired) electrons. The average molecular weight is 332 g/mol. The van der Waals surface area contributed by atoms with Crippen molar-refractivity contribution in [2.45, 2.75) is 11.8 Å². The molecule has 0 bridgehead atoms. The fraction of sp³-hybridized carbons (Fsp3) is 0.462. The van der Waals surface area contributed by atoms with E-state index in [-0.39, 0.29) is 36.2 Å². The maximum Gasteiger partial charge on any atom is 0.243 e. The van der Waals surface area contributed by atoms with E-state index in [1.807, 2.05) is 0 Å². The highest BCUT2D eigenvalue weighted by molar-refractivity contribution is 7.89. The summed E-state index contributed by atoms with van der Waals surface area (Å²) in [6.45, 7) is 1.87. The number of aliphatic hydroxyl groups is 1. The minimum absolute atomic E-state index is 0.0161. The van der Waals surface area contributed by atoms with E-state index in [1.54, 1.807) is 19.1 Å². The van der Waals surface area contributed by atoms with Gasteiger partial charge in [0.05, 0.1) is 18.1 Å². The lowest BCUT2D eigenvalue weighted by atomic mass is 10.1. The number of aryl methyl sites for hydroxylation is 1. The molecule has 1 aromatic carbocycles. The first-order chi connectivity index (χ1) is 9.84. The summed E-state index contributed by atoms with van der Waals surface area (Å²) in [7, 11) is -2.21. The normalized spacial score (nSPS) is 11.8. The zero-order valence-electron chi connectivity index (χ0n) is 12.1. The maximum absolute atomic E-state index is 12.6. The van der Waals surface area contributed by atoms with E-state index in [1.165, 1.54) is 17.5 Å². The molecule has 1 rings (SSSR count). The summed E-state index contributed by atoms with van der Waals surface area (Å²) < 4.78 is 31.4. The highest BCUT2D eigenvalue weighted by Crippen LogP contribution is 2.21. The first-order valence-electron chi connectivity index (χ1n) is 6.35. The number of thiocarbonyl (C=S) groups is 1. The Hall–Kier alpha value is -1.06. The van der Waals surface area contributed by atoms with Gasteiger partial charge in [0.2, 0.25) is 10.0 Å². The third kappa shape index (κ3) is 4.45. The quantitative estimate of drug-likeness (QED) is 0.663. The van der Waals surface area contributed by atoms with Gasteiger partial charge in [-0.05, 0) is 24.6 Å². The molecule has 0 unspecified atom stereocenters. The molecular formula is C13H20N2O4S2. The van der Waals surface area contributed by atoms with Crippen LogP contribution in [0.3, 0.4) is 0 Å². The van der Waals surface area contributed by atoms with Crippen molar-refractivity contribution in [1.29, 1.82) is 0 Å². The number of rotatable bonds is 8. The highest BCUT2D eigenvalue weighted by Gasteiger charge is 2.25. The van der Waals surface area contributed by atoms with Crippen LogP contribution in [0, 0.1) is 6.92 Å². The van der Waals surface area contributed by atoms with Crippen LogP contribution < -0.4 is 5.73 Å². The Bertz CT molecular complexity index is 602. The summed E-state index contributed by atoms with van der Waals surface area (Å²) in [6.07, 6.45) is 0. The molecule has 118 valence electrons. The van der Waals surface area contributed by atoms with E-state index in [4.69, 9.17) is 27.8 Å². The van der Waals surface area contributed by atoms with E-state index < -0.39 is 10.0 Å². The van der Waals surface area contributed by atoms with E-state index in [9.17, 15) is 8.42 Å². The first kappa shape index (κ1) is 18.0. The number of aliphatic hydroxyl groups excluding tert-OH is 1. The standard InChI is InChI=1S/C13H20N2O4S2/c1-10-9-11(13(14)20)3-4-12(10)21(17,18)15(5-7-16)6-8-19-2/h3-4,9,16H,5-8H2,1-2H3,(H2,14,20). The molecule has 0 aliphatic rings. The number of ether oxygens (including phenoxy) is 1. The van der Waals surface area contributed by atoms with Crippen molar-refractivity contribution in [3.05, 3.63) is 29.3 Å². The summed E-state index contributed by atoms with van der Waals surface area (Å²) >= 11 is 4.88. The molecule has 0 heterocycles. The van der Waals surface area contributed by atoms with E-state index in [2.05, 4.69) is 0 Å². The molecule has 1 aromatic rings. The second-order valence-corrected chi connectivity index (χ2v) is 6.81. The van der Waals surface area contributed by atoms with Crippen LogP contribution >= 0.6 is 12.2 Å². The fourth-order valence-electron chi connectivity index (χ4n) is 1.89. The molecule has 8 heteroatoms. The van der Waals surface area contributed by atoms with Crippen molar-refractivity contribution < 1.29 is 18.3 Å².